The number of amides is 1. The molecule has 4 nitrogen and oxygen atoms in total. The van der Waals surface area contributed by atoms with E-state index in [0.717, 1.165) is 6.07 Å². The molecule has 0 aliphatic rings. The van der Waals surface area contributed by atoms with E-state index in [4.69, 9.17) is 5.73 Å². The summed E-state index contributed by atoms with van der Waals surface area (Å²) in [6.45, 7) is 0. The van der Waals surface area contributed by atoms with E-state index in [1.54, 1.807) is 0 Å². The molecule has 4 N–H and O–H groups in total. The Kier molecular flexibility index (Phi) is 4.48. The van der Waals surface area contributed by atoms with Crippen molar-refractivity contribution >= 4 is 5.91 Å². The van der Waals surface area contributed by atoms with E-state index < -0.39 is 42.1 Å². The van der Waals surface area contributed by atoms with E-state index in [1.807, 2.05) is 0 Å². The highest BCUT2D eigenvalue weighted by Gasteiger charge is 2.35. The van der Waals surface area contributed by atoms with Crippen LogP contribution in [0.1, 0.15) is 23.7 Å². The fourth-order valence-electron chi connectivity index (χ4n) is 1.48. The first-order chi connectivity index (χ1) is 8.62. The highest BCUT2D eigenvalue weighted by atomic mass is 19.4. The second-order valence-corrected chi connectivity index (χ2v) is 3.92. The van der Waals surface area contributed by atoms with Gasteiger partial charge in [-0.2, -0.15) is 13.2 Å². The Labute approximate surface area is 105 Å². The maximum absolute atomic E-state index is 13.0. The van der Waals surface area contributed by atoms with Gasteiger partial charge in [-0.15, -0.1) is 0 Å². The molecule has 0 fully saturated rings. The topological polar surface area (TPSA) is 83.6 Å². The molecule has 0 saturated heterocycles. The maximum Gasteiger partial charge on any atom is 0.419 e. The number of carbonyl (C=O) groups excluding carboxylic acids is 1. The predicted octanol–water partition coefficient (Wildman–Crippen LogP) is 1.11. The summed E-state index contributed by atoms with van der Waals surface area (Å²) in [6, 6.07) is 1.79. The van der Waals surface area contributed by atoms with E-state index in [2.05, 4.69) is 0 Å². The van der Waals surface area contributed by atoms with Gasteiger partial charge in [-0.3, -0.25) is 4.79 Å². The lowest BCUT2D eigenvalue weighted by atomic mass is 9.99. The Morgan fingerprint density at radius 3 is 2.37 bits per heavy atom. The Bertz CT molecular complexity index is 475. The molecule has 1 aromatic rings. The molecule has 1 rings (SSSR count). The summed E-state index contributed by atoms with van der Waals surface area (Å²) in [7, 11) is 0. The molecule has 0 aliphatic carbocycles. The van der Waals surface area contributed by atoms with Crippen LogP contribution >= 0.6 is 0 Å². The molecule has 0 saturated carbocycles. The summed E-state index contributed by atoms with van der Waals surface area (Å²) in [5, 5.41) is 19.0. The molecule has 0 heterocycles. The zero-order valence-corrected chi connectivity index (χ0v) is 9.49. The largest absolute Gasteiger partial charge is 0.419 e. The Morgan fingerprint density at radius 2 is 1.89 bits per heavy atom. The number of aliphatic hydroxyl groups excluding tert-OH is 2. The molecule has 0 bridgehead atoms. The lowest BCUT2D eigenvalue weighted by Crippen LogP contribution is -2.26. The average molecular weight is 281 g/mol. The summed E-state index contributed by atoms with van der Waals surface area (Å²) in [4.78, 5) is 10.5. The van der Waals surface area contributed by atoms with E-state index >= 15 is 0 Å². The molecule has 2 atom stereocenters. The van der Waals surface area contributed by atoms with Crippen LogP contribution in [0.3, 0.4) is 0 Å². The molecule has 0 aliphatic heterocycles. The minimum Gasteiger partial charge on any atom is -0.390 e. The number of rotatable bonds is 4. The fourth-order valence-corrected chi connectivity index (χ4v) is 1.48. The third kappa shape index (κ3) is 3.90. The van der Waals surface area contributed by atoms with Crippen LogP contribution in [0.4, 0.5) is 17.6 Å². The molecule has 0 aromatic heterocycles. The normalized spacial score (nSPS) is 15.1. The minimum atomic E-state index is -4.92. The van der Waals surface area contributed by atoms with E-state index in [1.165, 1.54) is 0 Å². The number of halogens is 4. The molecule has 0 radical (unpaired) electrons. The number of carbonyl (C=O) groups is 1. The first-order valence-electron chi connectivity index (χ1n) is 5.14. The number of aliphatic hydroxyl groups is 2. The van der Waals surface area contributed by atoms with Crippen molar-refractivity contribution in [2.24, 2.45) is 5.73 Å². The average Bonchev–Trinajstić information content (AvgIpc) is 2.26. The van der Waals surface area contributed by atoms with E-state index in [0.29, 0.717) is 12.1 Å². The van der Waals surface area contributed by atoms with Crippen LogP contribution in [-0.4, -0.2) is 22.2 Å². The number of alkyl halides is 3. The van der Waals surface area contributed by atoms with Crippen molar-refractivity contribution in [2.45, 2.75) is 24.8 Å². The molecule has 0 spiro atoms. The molecular formula is C11H11F4NO3. The second-order valence-electron chi connectivity index (χ2n) is 3.92. The summed E-state index contributed by atoms with van der Waals surface area (Å²) >= 11 is 0. The second kappa shape index (κ2) is 5.54. The summed E-state index contributed by atoms with van der Waals surface area (Å²) in [6.07, 6.45) is -8.98. The first kappa shape index (κ1) is 15.4. The Morgan fingerprint density at radius 1 is 1.32 bits per heavy atom. The molecule has 19 heavy (non-hydrogen) atoms. The summed E-state index contributed by atoms with van der Waals surface area (Å²) < 4.78 is 50.3. The van der Waals surface area contributed by atoms with Gasteiger partial charge in [-0.1, -0.05) is 6.07 Å². The number of nitrogens with two attached hydrogens (primary N) is 1. The fraction of sp³-hybridized carbons (Fsp3) is 0.364. The smallest absolute Gasteiger partial charge is 0.390 e. The van der Waals surface area contributed by atoms with Gasteiger partial charge in [0.15, 0.2) is 0 Å². The summed E-state index contributed by atoms with van der Waals surface area (Å²) in [5.74, 6) is -2.42. The van der Waals surface area contributed by atoms with Crippen molar-refractivity contribution in [1.29, 1.82) is 0 Å². The standard InChI is InChI=1S/C11H11F4NO3/c12-7-2-1-5(3-6(7)11(13,14)15)10(19)8(17)4-9(16)18/h1-3,8,10,17,19H,4H2,(H2,16,18). The van der Waals surface area contributed by atoms with Gasteiger partial charge in [0.05, 0.1) is 18.1 Å². The van der Waals surface area contributed by atoms with Gasteiger partial charge in [-0.05, 0) is 17.7 Å². The van der Waals surface area contributed by atoms with Gasteiger partial charge >= 0.3 is 6.18 Å². The van der Waals surface area contributed by atoms with Crippen LogP contribution in [0.5, 0.6) is 0 Å². The van der Waals surface area contributed by atoms with Crippen LogP contribution in [0.25, 0.3) is 0 Å². The maximum atomic E-state index is 13.0. The molecule has 2 unspecified atom stereocenters. The molecular weight excluding hydrogens is 270 g/mol. The number of hydrogen-bond donors (Lipinski definition) is 3. The predicted molar refractivity (Wildman–Crippen MR) is 56.2 cm³/mol. The van der Waals surface area contributed by atoms with Gasteiger partial charge in [0.1, 0.15) is 11.9 Å². The van der Waals surface area contributed by atoms with Crippen LogP contribution < -0.4 is 5.73 Å². The Hall–Kier alpha value is -1.67. The zero-order chi connectivity index (χ0) is 14.8. The van der Waals surface area contributed by atoms with Crippen LogP contribution in [0.2, 0.25) is 0 Å². The number of benzene rings is 1. The van der Waals surface area contributed by atoms with Gasteiger partial charge in [0.2, 0.25) is 5.91 Å². The van der Waals surface area contributed by atoms with Crippen molar-refractivity contribution in [3.63, 3.8) is 0 Å². The molecule has 8 heteroatoms. The SMILES string of the molecule is NC(=O)CC(O)C(O)c1ccc(F)c(C(F)(F)F)c1. The molecule has 1 aromatic carbocycles. The van der Waals surface area contributed by atoms with Crippen LogP contribution in [-0.2, 0) is 11.0 Å². The zero-order valence-electron chi connectivity index (χ0n) is 9.49. The van der Waals surface area contributed by atoms with Gasteiger partial charge in [0, 0.05) is 0 Å². The third-order valence-electron chi connectivity index (χ3n) is 2.41. The monoisotopic (exact) mass is 281 g/mol. The van der Waals surface area contributed by atoms with Crippen molar-refractivity contribution in [2.75, 3.05) is 0 Å². The van der Waals surface area contributed by atoms with Crippen molar-refractivity contribution in [3.05, 3.63) is 35.1 Å². The van der Waals surface area contributed by atoms with E-state index in [-0.39, 0.29) is 5.56 Å². The van der Waals surface area contributed by atoms with Crippen LogP contribution in [0.15, 0.2) is 18.2 Å². The quantitative estimate of drug-likeness (QED) is 0.723. The van der Waals surface area contributed by atoms with Crippen molar-refractivity contribution in [1.82, 2.24) is 0 Å². The van der Waals surface area contributed by atoms with Crippen molar-refractivity contribution in [3.8, 4) is 0 Å². The van der Waals surface area contributed by atoms with Gasteiger partial charge in [0.25, 0.3) is 0 Å². The molecule has 106 valence electrons. The van der Waals surface area contributed by atoms with Crippen LogP contribution in [0, 0.1) is 5.82 Å². The van der Waals surface area contributed by atoms with E-state index in [9.17, 15) is 32.6 Å². The van der Waals surface area contributed by atoms with Crippen molar-refractivity contribution < 1.29 is 32.6 Å². The first-order valence-corrected chi connectivity index (χ1v) is 5.14. The highest BCUT2D eigenvalue weighted by molar-refractivity contribution is 5.74. The number of primary amides is 1. The lowest BCUT2D eigenvalue weighted by Gasteiger charge is -2.18. The Balaban J connectivity index is 3.05. The van der Waals surface area contributed by atoms with Gasteiger partial charge in [-0.25, -0.2) is 4.39 Å². The lowest BCUT2D eigenvalue weighted by molar-refractivity contribution is -0.140. The minimum absolute atomic E-state index is 0.359. The summed E-state index contributed by atoms with van der Waals surface area (Å²) in [5.41, 5.74) is 2.86. The molecule has 1 amide bonds. The highest BCUT2D eigenvalue weighted by Crippen LogP contribution is 2.33. The third-order valence-corrected chi connectivity index (χ3v) is 2.41. The van der Waals surface area contributed by atoms with Gasteiger partial charge < -0.3 is 15.9 Å². The number of hydrogen-bond acceptors (Lipinski definition) is 3.